The van der Waals surface area contributed by atoms with Gasteiger partial charge in [0, 0.05) is 0 Å². The SMILES string of the molecule is CCCCCCCCCCC(O)C(O)C(=O)O. The molecule has 0 rings (SSSR count). The number of rotatable bonds is 11. The molecule has 0 amide bonds. The zero-order valence-corrected chi connectivity index (χ0v) is 10.8. The Morgan fingerprint density at radius 2 is 1.41 bits per heavy atom. The number of carboxylic acid groups (broad SMARTS) is 1. The van der Waals surface area contributed by atoms with Crippen LogP contribution < -0.4 is 0 Å². The number of carboxylic acids is 1. The molecule has 2 unspecified atom stereocenters. The number of hydrogen-bond acceptors (Lipinski definition) is 3. The van der Waals surface area contributed by atoms with Crippen LogP contribution in [-0.4, -0.2) is 33.5 Å². The van der Waals surface area contributed by atoms with Crippen molar-refractivity contribution in [2.24, 2.45) is 0 Å². The van der Waals surface area contributed by atoms with Crippen LogP contribution in [0.1, 0.15) is 64.7 Å². The summed E-state index contributed by atoms with van der Waals surface area (Å²) < 4.78 is 0. The average Bonchev–Trinajstić information content (AvgIpc) is 2.31. The predicted octanol–water partition coefficient (Wildman–Crippen LogP) is 2.32. The van der Waals surface area contributed by atoms with Crippen molar-refractivity contribution < 1.29 is 20.1 Å². The van der Waals surface area contributed by atoms with Crippen molar-refractivity contribution in [1.82, 2.24) is 0 Å². The lowest BCUT2D eigenvalue weighted by Gasteiger charge is -2.13. The van der Waals surface area contributed by atoms with E-state index in [9.17, 15) is 9.90 Å². The van der Waals surface area contributed by atoms with Crippen LogP contribution in [-0.2, 0) is 4.79 Å². The minimum absolute atomic E-state index is 0.364. The van der Waals surface area contributed by atoms with E-state index in [-0.39, 0.29) is 0 Å². The molecule has 0 aliphatic carbocycles. The molecule has 0 spiro atoms. The van der Waals surface area contributed by atoms with Gasteiger partial charge >= 0.3 is 5.97 Å². The summed E-state index contributed by atoms with van der Waals surface area (Å²) in [6.07, 6.45) is 6.79. The van der Waals surface area contributed by atoms with E-state index in [1.54, 1.807) is 0 Å². The first-order valence-electron chi connectivity index (χ1n) is 6.68. The smallest absolute Gasteiger partial charge is 0.335 e. The second-order valence-electron chi connectivity index (χ2n) is 4.61. The van der Waals surface area contributed by atoms with E-state index in [1.807, 2.05) is 0 Å². The van der Waals surface area contributed by atoms with Crippen LogP contribution >= 0.6 is 0 Å². The minimum atomic E-state index is -1.64. The van der Waals surface area contributed by atoms with Crippen molar-refractivity contribution in [3.63, 3.8) is 0 Å². The van der Waals surface area contributed by atoms with Gasteiger partial charge in [-0.2, -0.15) is 0 Å². The van der Waals surface area contributed by atoms with E-state index < -0.39 is 18.2 Å². The molecule has 0 radical (unpaired) electrons. The molecule has 0 heterocycles. The van der Waals surface area contributed by atoms with E-state index >= 15 is 0 Å². The highest BCUT2D eigenvalue weighted by Crippen LogP contribution is 2.11. The van der Waals surface area contributed by atoms with Crippen LogP contribution in [0.25, 0.3) is 0 Å². The van der Waals surface area contributed by atoms with Crippen molar-refractivity contribution in [1.29, 1.82) is 0 Å². The molecule has 0 aromatic carbocycles. The maximum atomic E-state index is 10.4. The summed E-state index contributed by atoms with van der Waals surface area (Å²) >= 11 is 0. The number of unbranched alkanes of at least 4 members (excludes halogenated alkanes) is 7. The highest BCUT2D eigenvalue weighted by atomic mass is 16.4. The van der Waals surface area contributed by atoms with Gasteiger partial charge in [-0.3, -0.25) is 0 Å². The monoisotopic (exact) mass is 246 g/mol. The molecule has 0 bridgehead atoms. The van der Waals surface area contributed by atoms with Crippen LogP contribution in [0.15, 0.2) is 0 Å². The van der Waals surface area contributed by atoms with Gasteiger partial charge in [0.1, 0.15) is 0 Å². The molecule has 0 fully saturated rings. The molecule has 4 heteroatoms. The van der Waals surface area contributed by atoms with E-state index in [4.69, 9.17) is 10.2 Å². The lowest BCUT2D eigenvalue weighted by Crippen LogP contribution is -2.33. The van der Waals surface area contributed by atoms with Gasteiger partial charge in [-0.1, -0.05) is 58.3 Å². The predicted molar refractivity (Wildman–Crippen MR) is 66.9 cm³/mol. The Morgan fingerprint density at radius 3 is 1.88 bits per heavy atom. The fourth-order valence-electron chi connectivity index (χ4n) is 1.81. The second kappa shape index (κ2) is 10.5. The Labute approximate surface area is 104 Å². The number of aliphatic hydroxyl groups excluding tert-OH is 2. The molecule has 0 saturated heterocycles. The molecule has 0 aliphatic heterocycles. The molecule has 0 aromatic rings. The summed E-state index contributed by atoms with van der Waals surface area (Å²) in [6, 6.07) is 0. The van der Waals surface area contributed by atoms with Crippen LogP contribution in [0.5, 0.6) is 0 Å². The van der Waals surface area contributed by atoms with Gasteiger partial charge in [0.05, 0.1) is 6.10 Å². The van der Waals surface area contributed by atoms with Gasteiger partial charge in [0.2, 0.25) is 0 Å². The Balaban J connectivity index is 3.30. The molecule has 3 N–H and O–H groups in total. The minimum Gasteiger partial charge on any atom is -0.479 e. The largest absolute Gasteiger partial charge is 0.479 e. The van der Waals surface area contributed by atoms with Gasteiger partial charge in [-0.25, -0.2) is 4.79 Å². The molecule has 0 aliphatic rings. The molecular formula is C13H26O4. The maximum absolute atomic E-state index is 10.4. The van der Waals surface area contributed by atoms with Crippen molar-refractivity contribution in [3.05, 3.63) is 0 Å². The summed E-state index contributed by atoms with van der Waals surface area (Å²) in [5.41, 5.74) is 0. The van der Waals surface area contributed by atoms with Gasteiger partial charge in [0.15, 0.2) is 6.10 Å². The molecule has 0 saturated carbocycles. The first kappa shape index (κ1) is 16.4. The summed E-state index contributed by atoms with van der Waals surface area (Å²) in [5, 5.41) is 26.8. The van der Waals surface area contributed by atoms with Crippen LogP contribution in [0.2, 0.25) is 0 Å². The normalized spacial score (nSPS) is 14.5. The lowest BCUT2D eigenvalue weighted by atomic mass is 10.0. The maximum Gasteiger partial charge on any atom is 0.335 e. The Kier molecular flexibility index (Phi) is 10.2. The number of aliphatic hydroxyl groups is 2. The first-order chi connectivity index (χ1) is 8.09. The number of carbonyl (C=O) groups is 1. The molecule has 0 aromatic heterocycles. The van der Waals surface area contributed by atoms with Crippen molar-refractivity contribution >= 4 is 5.97 Å². The summed E-state index contributed by atoms with van der Waals surface area (Å²) in [6.45, 7) is 2.19. The van der Waals surface area contributed by atoms with E-state index in [1.165, 1.54) is 32.1 Å². The molecular weight excluding hydrogens is 220 g/mol. The number of hydrogen-bond donors (Lipinski definition) is 3. The first-order valence-corrected chi connectivity index (χ1v) is 6.68. The zero-order chi connectivity index (χ0) is 13.1. The third-order valence-corrected chi connectivity index (χ3v) is 2.97. The van der Waals surface area contributed by atoms with Gasteiger partial charge in [-0.15, -0.1) is 0 Å². The van der Waals surface area contributed by atoms with Crippen molar-refractivity contribution in [3.8, 4) is 0 Å². The molecule has 17 heavy (non-hydrogen) atoms. The molecule has 4 nitrogen and oxygen atoms in total. The summed E-state index contributed by atoms with van der Waals surface area (Å²) in [5.74, 6) is -1.35. The van der Waals surface area contributed by atoms with Gasteiger partial charge < -0.3 is 15.3 Å². The zero-order valence-electron chi connectivity index (χ0n) is 10.8. The van der Waals surface area contributed by atoms with E-state index in [0.29, 0.717) is 6.42 Å². The third-order valence-electron chi connectivity index (χ3n) is 2.97. The Morgan fingerprint density at radius 1 is 0.941 bits per heavy atom. The average molecular weight is 246 g/mol. The van der Waals surface area contributed by atoms with E-state index in [0.717, 1.165) is 19.3 Å². The van der Waals surface area contributed by atoms with Crippen LogP contribution in [0.3, 0.4) is 0 Å². The standard InChI is InChI=1S/C13H26O4/c1-2-3-4-5-6-7-8-9-10-11(14)12(15)13(16)17/h11-12,14-15H,2-10H2,1H3,(H,16,17). The Bertz CT molecular complexity index is 194. The second-order valence-corrected chi connectivity index (χ2v) is 4.61. The molecule has 2 atom stereocenters. The topological polar surface area (TPSA) is 77.8 Å². The highest BCUT2D eigenvalue weighted by molar-refractivity contribution is 5.72. The van der Waals surface area contributed by atoms with Crippen LogP contribution in [0.4, 0.5) is 0 Å². The fraction of sp³-hybridized carbons (Fsp3) is 0.923. The Hall–Kier alpha value is -0.610. The number of aliphatic carboxylic acids is 1. The summed E-state index contributed by atoms with van der Waals surface area (Å²) in [7, 11) is 0. The van der Waals surface area contributed by atoms with Crippen molar-refractivity contribution in [2.45, 2.75) is 76.9 Å². The third kappa shape index (κ3) is 9.12. The van der Waals surface area contributed by atoms with Crippen molar-refractivity contribution in [2.75, 3.05) is 0 Å². The highest BCUT2D eigenvalue weighted by Gasteiger charge is 2.22. The molecule has 102 valence electrons. The van der Waals surface area contributed by atoms with Gasteiger partial charge in [-0.05, 0) is 6.42 Å². The fourth-order valence-corrected chi connectivity index (χ4v) is 1.81. The van der Waals surface area contributed by atoms with Crippen LogP contribution in [0, 0.1) is 0 Å². The van der Waals surface area contributed by atoms with E-state index in [2.05, 4.69) is 6.92 Å². The lowest BCUT2D eigenvalue weighted by molar-refractivity contribution is -0.153. The van der Waals surface area contributed by atoms with Gasteiger partial charge in [0.25, 0.3) is 0 Å². The quantitative estimate of drug-likeness (QED) is 0.489. The summed E-state index contributed by atoms with van der Waals surface area (Å²) in [4.78, 5) is 10.4.